The van der Waals surface area contributed by atoms with Gasteiger partial charge in [-0.1, -0.05) is 31.5 Å². The van der Waals surface area contributed by atoms with Gasteiger partial charge in [0.25, 0.3) is 0 Å². The molecule has 5 rings (SSSR count). The first-order chi connectivity index (χ1) is 12.8. The molecule has 148 valence electrons. The number of aliphatic hydroxyl groups is 1. The van der Waals surface area contributed by atoms with Gasteiger partial charge in [0.15, 0.2) is 0 Å². The van der Waals surface area contributed by atoms with Crippen LogP contribution in [0.15, 0.2) is 36.5 Å². The van der Waals surface area contributed by atoms with Gasteiger partial charge in [-0.2, -0.15) is 8.42 Å². The van der Waals surface area contributed by atoms with Crippen LogP contribution in [-0.2, 0) is 10.4 Å². The maximum Gasteiger partial charge on any atom is 0.394 e. The molecule has 0 unspecified atom stereocenters. The molecule has 3 fully saturated rings. The van der Waals surface area contributed by atoms with Gasteiger partial charge in [-0.3, -0.25) is 19.0 Å². The van der Waals surface area contributed by atoms with E-state index >= 15 is 0 Å². The van der Waals surface area contributed by atoms with Crippen molar-refractivity contribution in [1.82, 2.24) is 9.88 Å². The zero-order chi connectivity index (χ0) is 19.6. The smallest absolute Gasteiger partial charge is 0.387 e. The van der Waals surface area contributed by atoms with Gasteiger partial charge in [-0.25, -0.2) is 0 Å². The van der Waals surface area contributed by atoms with Crippen LogP contribution >= 0.6 is 0 Å². The van der Waals surface area contributed by atoms with E-state index in [1.54, 1.807) is 0 Å². The highest BCUT2D eigenvalue weighted by atomic mass is 32.3. The van der Waals surface area contributed by atoms with Crippen LogP contribution in [0.2, 0.25) is 0 Å². The Balaban J connectivity index is 0.000000376. The number of aliphatic hydroxyl groups excluding tert-OH is 1. The predicted octanol–water partition coefficient (Wildman–Crippen LogP) is 2.74. The molecular weight excluding hydrogens is 368 g/mol. The topological polar surface area (TPSA) is 111 Å². The second-order valence-corrected chi connectivity index (χ2v) is 8.22. The maximum atomic E-state index is 11.1. The molecule has 0 saturated carbocycles. The van der Waals surface area contributed by atoms with E-state index in [-0.39, 0.29) is 6.04 Å². The molecule has 0 radical (unpaired) electrons. The van der Waals surface area contributed by atoms with Crippen LogP contribution in [0.25, 0.3) is 10.9 Å². The largest absolute Gasteiger partial charge is 0.394 e. The predicted molar refractivity (Wildman–Crippen MR) is 103 cm³/mol. The average molecular weight is 394 g/mol. The summed E-state index contributed by atoms with van der Waals surface area (Å²) < 4.78 is 31.6. The monoisotopic (exact) mass is 394 g/mol. The molecule has 3 aliphatic heterocycles. The number of hydrogen-bond acceptors (Lipinski definition) is 5. The van der Waals surface area contributed by atoms with Gasteiger partial charge in [0.2, 0.25) is 0 Å². The molecule has 3 N–H and O–H groups in total. The van der Waals surface area contributed by atoms with Crippen LogP contribution in [0.4, 0.5) is 0 Å². The van der Waals surface area contributed by atoms with Crippen molar-refractivity contribution in [3.8, 4) is 0 Å². The SMILES string of the molecule is CC[C@H]1C[N@]2CC[C@H]1C[C@H]2[C@H](O)c1ccnc2ccccc12.O=S(=O)(O)O. The van der Waals surface area contributed by atoms with Gasteiger partial charge in [-0.05, 0) is 48.9 Å². The van der Waals surface area contributed by atoms with E-state index in [0.717, 1.165) is 47.8 Å². The molecule has 0 aliphatic carbocycles. The number of aromatic nitrogens is 1. The van der Waals surface area contributed by atoms with E-state index in [4.69, 9.17) is 17.5 Å². The standard InChI is InChI=1S/C19H24N2O.H2O4S/c1-2-13-12-21-10-8-14(13)11-18(21)19(22)16-7-9-20-17-6-4-3-5-15(16)17;1-5(2,3)4/h3-7,9,13-14,18-19,22H,2,8,10-12H2,1H3;(H2,1,2,3,4)/t13-,14-,18-,19+;/m0./s1. The van der Waals surface area contributed by atoms with Gasteiger partial charge in [0, 0.05) is 24.2 Å². The summed E-state index contributed by atoms with van der Waals surface area (Å²) in [4.78, 5) is 6.94. The molecule has 4 heterocycles. The molecule has 8 heteroatoms. The lowest BCUT2D eigenvalue weighted by atomic mass is 9.72. The Morgan fingerprint density at radius 1 is 1.26 bits per heavy atom. The van der Waals surface area contributed by atoms with Crippen molar-refractivity contribution in [3.63, 3.8) is 0 Å². The Labute approximate surface area is 159 Å². The third kappa shape index (κ3) is 4.83. The Kier molecular flexibility index (Phi) is 6.12. The summed E-state index contributed by atoms with van der Waals surface area (Å²) in [6, 6.07) is 10.4. The molecule has 1 aromatic heterocycles. The van der Waals surface area contributed by atoms with E-state index in [1.165, 1.54) is 12.8 Å². The third-order valence-electron chi connectivity index (χ3n) is 5.83. The van der Waals surface area contributed by atoms with Crippen LogP contribution < -0.4 is 0 Å². The Morgan fingerprint density at radius 3 is 2.59 bits per heavy atom. The molecule has 7 nitrogen and oxygen atoms in total. The maximum absolute atomic E-state index is 11.1. The molecule has 0 amide bonds. The van der Waals surface area contributed by atoms with E-state index in [9.17, 15) is 5.11 Å². The molecule has 3 saturated heterocycles. The van der Waals surface area contributed by atoms with Crippen molar-refractivity contribution < 1.29 is 22.6 Å². The van der Waals surface area contributed by atoms with Crippen molar-refractivity contribution in [1.29, 1.82) is 0 Å². The van der Waals surface area contributed by atoms with Crippen LogP contribution in [0.3, 0.4) is 0 Å². The number of hydrogen-bond donors (Lipinski definition) is 3. The summed E-state index contributed by atoms with van der Waals surface area (Å²) in [7, 11) is -4.67. The van der Waals surface area contributed by atoms with Crippen molar-refractivity contribution in [3.05, 3.63) is 42.1 Å². The molecule has 3 aliphatic rings. The lowest BCUT2D eigenvalue weighted by molar-refractivity contribution is -0.0562. The third-order valence-corrected chi connectivity index (χ3v) is 5.83. The Hall–Kier alpha value is -1.58. The molecule has 5 atom stereocenters. The first-order valence-electron chi connectivity index (χ1n) is 9.23. The van der Waals surface area contributed by atoms with Gasteiger partial charge in [0.05, 0.1) is 11.6 Å². The number of benzene rings is 1. The minimum atomic E-state index is -4.67. The number of rotatable bonds is 3. The normalized spacial score (nSPS) is 28.4. The van der Waals surface area contributed by atoms with E-state index < -0.39 is 16.5 Å². The summed E-state index contributed by atoms with van der Waals surface area (Å²) in [6.07, 6.45) is 5.12. The number of nitrogens with zero attached hydrogens (tertiary/aromatic N) is 2. The minimum Gasteiger partial charge on any atom is -0.387 e. The van der Waals surface area contributed by atoms with Crippen molar-refractivity contribution in [2.45, 2.75) is 38.3 Å². The summed E-state index contributed by atoms with van der Waals surface area (Å²) in [5.74, 6) is 1.62. The number of para-hydroxylation sites is 1. The highest BCUT2D eigenvalue weighted by Crippen LogP contribution is 2.42. The van der Waals surface area contributed by atoms with Crippen molar-refractivity contribution >= 4 is 21.3 Å². The quantitative estimate of drug-likeness (QED) is 0.686. The van der Waals surface area contributed by atoms with Crippen molar-refractivity contribution in [2.75, 3.05) is 13.1 Å². The fourth-order valence-corrected chi connectivity index (χ4v) is 4.55. The molecule has 1 aromatic carbocycles. The van der Waals surface area contributed by atoms with Gasteiger partial charge in [-0.15, -0.1) is 0 Å². The minimum absolute atomic E-state index is 0.271. The highest BCUT2D eigenvalue weighted by molar-refractivity contribution is 7.79. The van der Waals surface area contributed by atoms with Crippen LogP contribution in [0.1, 0.15) is 37.9 Å². The Bertz CT molecular complexity index is 875. The fraction of sp³-hybridized carbons (Fsp3) is 0.526. The van der Waals surface area contributed by atoms with Crippen molar-refractivity contribution in [2.24, 2.45) is 11.8 Å². The van der Waals surface area contributed by atoms with Gasteiger partial charge < -0.3 is 5.11 Å². The Morgan fingerprint density at radius 2 is 1.96 bits per heavy atom. The second-order valence-electron chi connectivity index (χ2n) is 7.33. The van der Waals surface area contributed by atoms with E-state index in [2.05, 4.69) is 22.9 Å². The molecule has 2 aromatic rings. The van der Waals surface area contributed by atoms with E-state index in [1.807, 2.05) is 30.5 Å². The first kappa shape index (κ1) is 20.2. The number of fused-ring (bicyclic) bond motifs is 4. The zero-order valence-corrected chi connectivity index (χ0v) is 16.1. The van der Waals surface area contributed by atoms with Crippen LogP contribution in [0.5, 0.6) is 0 Å². The van der Waals surface area contributed by atoms with E-state index in [0.29, 0.717) is 0 Å². The van der Waals surface area contributed by atoms with Gasteiger partial charge in [0.1, 0.15) is 0 Å². The summed E-state index contributed by atoms with van der Waals surface area (Å²) in [5.41, 5.74) is 2.01. The zero-order valence-electron chi connectivity index (χ0n) is 15.3. The van der Waals surface area contributed by atoms with Crippen LogP contribution in [-0.4, -0.2) is 51.6 Å². The van der Waals surface area contributed by atoms with Gasteiger partial charge >= 0.3 is 10.4 Å². The first-order valence-corrected chi connectivity index (χ1v) is 10.6. The lowest BCUT2D eigenvalue weighted by Crippen LogP contribution is -2.55. The average Bonchev–Trinajstić information content (AvgIpc) is 2.66. The summed E-state index contributed by atoms with van der Waals surface area (Å²) in [5, 5.41) is 12.1. The number of piperidine rings is 3. The molecular formula is C19H26N2O5S. The lowest BCUT2D eigenvalue weighted by Gasteiger charge is -2.51. The molecule has 0 spiro atoms. The summed E-state index contributed by atoms with van der Waals surface area (Å²) >= 11 is 0. The number of pyridine rings is 1. The van der Waals surface area contributed by atoms with Crippen LogP contribution in [0, 0.1) is 11.8 Å². The molecule has 27 heavy (non-hydrogen) atoms. The highest BCUT2D eigenvalue weighted by Gasteiger charge is 2.42. The molecule has 2 bridgehead atoms. The second kappa shape index (κ2) is 8.20. The summed E-state index contributed by atoms with van der Waals surface area (Å²) in [6.45, 7) is 4.60. The fourth-order valence-electron chi connectivity index (χ4n) is 4.55.